The van der Waals surface area contributed by atoms with Gasteiger partial charge in [-0.1, -0.05) is 36.0 Å². The highest BCUT2D eigenvalue weighted by atomic mass is 79.9. The van der Waals surface area contributed by atoms with Crippen molar-refractivity contribution in [2.45, 2.75) is 0 Å². The Kier molecular flexibility index (Phi) is 4.22. The fraction of sp³-hybridized carbons (Fsp3) is 0. The zero-order chi connectivity index (χ0) is 13.1. The van der Waals surface area contributed by atoms with E-state index in [1.165, 1.54) is 0 Å². The van der Waals surface area contributed by atoms with Crippen molar-refractivity contribution in [2.24, 2.45) is 5.73 Å². The van der Waals surface area contributed by atoms with Crippen LogP contribution < -0.4 is 10.5 Å². The molecule has 0 heterocycles. The molecule has 2 rings (SSSR count). The van der Waals surface area contributed by atoms with Crippen LogP contribution >= 0.6 is 39.7 Å². The molecule has 0 saturated heterocycles. The standard InChI is InChI=1S/C13H9BrClNOS/c14-9-7-8(13(16)18)5-6-11(9)17-12-4-2-1-3-10(12)15/h1-7H,(H2,16,18). The van der Waals surface area contributed by atoms with Crippen molar-refractivity contribution in [3.8, 4) is 11.5 Å². The first-order chi connectivity index (χ1) is 8.58. The molecule has 0 aromatic heterocycles. The van der Waals surface area contributed by atoms with Crippen LogP contribution in [0.25, 0.3) is 0 Å². The Bertz CT molecular complexity index is 603. The molecule has 0 bridgehead atoms. The second-order valence-electron chi connectivity index (χ2n) is 3.54. The van der Waals surface area contributed by atoms with Crippen LogP contribution in [0.15, 0.2) is 46.9 Å². The fourth-order valence-electron chi connectivity index (χ4n) is 1.38. The molecule has 2 N–H and O–H groups in total. The summed E-state index contributed by atoms with van der Waals surface area (Å²) in [5, 5.41) is 0.558. The molecule has 5 heteroatoms. The van der Waals surface area contributed by atoms with Crippen LogP contribution in [-0.4, -0.2) is 4.99 Å². The third-order valence-electron chi connectivity index (χ3n) is 2.27. The number of benzene rings is 2. The molecule has 0 saturated carbocycles. The van der Waals surface area contributed by atoms with Gasteiger partial charge >= 0.3 is 0 Å². The van der Waals surface area contributed by atoms with E-state index in [2.05, 4.69) is 15.9 Å². The lowest BCUT2D eigenvalue weighted by molar-refractivity contribution is 0.480. The zero-order valence-corrected chi connectivity index (χ0v) is 12.3. The minimum absolute atomic E-state index is 0.347. The van der Waals surface area contributed by atoms with Gasteiger partial charge in [-0.05, 0) is 46.3 Å². The second kappa shape index (κ2) is 5.69. The minimum Gasteiger partial charge on any atom is -0.455 e. The molecule has 0 atom stereocenters. The van der Waals surface area contributed by atoms with E-state index in [1.807, 2.05) is 18.2 Å². The summed E-state index contributed by atoms with van der Waals surface area (Å²) in [6.45, 7) is 0. The molecule has 2 nitrogen and oxygen atoms in total. The number of thiocarbonyl (C=S) groups is 1. The van der Waals surface area contributed by atoms with Crippen molar-refractivity contribution in [3.63, 3.8) is 0 Å². The number of para-hydroxylation sites is 1. The van der Waals surface area contributed by atoms with Gasteiger partial charge in [0.05, 0.1) is 9.50 Å². The first-order valence-corrected chi connectivity index (χ1v) is 6.67. The number of hydrogen-bond donors (Lipinski definition) is 1. The molecule has 0 aliphatic rings. The molecule has 2 aromatic carbocycles. The van der Waals surface area contributed by atoms with Crippen molar-refractivity contribution in [1.29, 1.82) is 0 Å². The Morgan fingerprint density at radius 3 is 2.50 bits per heavy atom. The number of ether oxygens (including phenoxy) is 1. The van der Waals surface area contributed by atoms with Gasteiger partial charge in [0.25, 0.3) is 0 Å². The molecule has 18 heavy (non-hydrogen) atoms. The molecule has 2 aromatic rings. The first-order valence-electron chi connectivity index (χ1n) is 5.09. The van der Waals surface area contributed by atoms with Gasteiger partial charge in [0, 0.05) is 5.56 Å². The Labute approximate surface area is 124 Å². The maximum Gasteiger partial charge on any atom is 0.146 e. The molecule has 0 unspecified atom stereocenters. The lowest BCUT2D eigenvalue weighted by atomic mass is 10.2. The van der Waals surface area contributed by atoms with Gasteiger partial charge in [0.15, 0.2) is 0 Å². The summed E-state index contributed by atoms with van der Waals surface area (Å²) in [5.41, 5.74) is 6.34. The van der Waals surface area contributed by atoms with Crippen LogP contribution in [0.3, 0.4) is 0 Å². The van der Waals surface area contributed by atoms with Crippen LogP contribution in [0.2, 0.25) is 5.02 Å². The number of halogens is 2. The lowest BCUT2D eigenvalue weighted by Crippen LogP contribution is -2.09. The Balaban J connectivity index is 2.30. The average molecular weight is 343 g/mol. The van der Waals surface area contributed by atoms with E-state index in [9.17, 15) is 0 Å². The summed E-state index contributed by atoms with van der Waals surface area (Å²) in [7, 11) is 0. The summed E-state index contributed by atoms with van der Waals surface area (Å²) in [6, 6.07) is 12.7. The van der Waals surface area contributed by atoms with E-state index in [0.717, 1.165) is 10.0 Å². The Hall–Kier alpha value is -1.10. The van der Waals surface area contributed by atoms with E-state index in [4.69, 9.17) is 34.3 Å². The monoisotopic (exact) mass is 341 g/mol. The average Bonchev–Trinajstić information content (AvgIpc) is 2.34. The summed E-state index contributed by atoms with van der Waals surface area (Å²) in [6.07, 6.45) is 0. The van der Waals surface area contributed by atoms with E-state index >= 15 is 0 Å². The van der Waals surface area contributed by atoms with Gasteiger partial charge in [0.1, 0.15) is 16.5 Å². The fourth-order valence-corrected chi connectivity index (χ4v) is 2.14. The summed E-state index contributed by atoms with van der Waals surface area (Å²) in [4.78, 5) is 0.347. The molecular formula is C13H9BrClNOS. The highest BCUT2D eigenvalue weighted by Gasteiger charge is 2.07. The molecule has 0 fully saturated rings. The van der Waals surface area contributed by atoms with Crippen LogP contribution in [0.5, 0.6) is 11.5 Å². The van der Waals surface area contributed by atoms with Crippen molar-refractivity contribution < 1.29 is 4.74 Å². The highest BCUT2D eigenvalue weighted by Crippen LogP contribution is 2.33. The third kappa shape index (κ3) is 3.02. The first kappa shape index (κ1) is 13.3. The molecule has 0 amide bonds. The Morgan fingerprint density at radius 1 is 1.17 bits per heavy atom. The summed E-state index contributed by atoms with van der Waals surface area (Å²) >= 11 is 14.4. The van der Waals surface area contributed by atoms with Crippen molar-refractivity contribution >= 4 is 44.7 Å². The predicted molar refractivity (Wildman–Crippen MR) is 81.6 cm³/mol. The molecule has 0 aliphatic heterocycles. The van der Waals surface area contributed by atoms with Crippen molar-refractivity contribution in [3.05, 3.63) is 57.5 Å². The van der Waals surface area contributed by atoms with Gasteiger partial charge in [-0.15, -0.1) is 0 Å². The quantitative estimate of drug-likeness (QED) is 0.832. The molecule has 0 spiro atoms. The van der Waals surface area contributed by atoms with Gasteiger partial charge in [-0.25, -0.2) is 0 Å². The normalized spacial score (nSPS) is 10.1. The topological polar surface area (TPSA) is 35.2 Å². The van der Waals surface area contributed by atoms with Crippen molar-refractivity contribution in [2.75, 3.05) is 0 Å². The zero-order valence-electron chi connectivity index (χ0n) is 9.19. The van der Waals surface area contributed by atoms with Crippen molar-refractivity contribution in [1.82, 2.24) is 0 Å². The van der Waals surface area contributed by atoms with Crippen LogP contribution in [0.4, 0.5) is 0 Å². The maximum absolute atomic E-state index is 6.03. The molecular weight excluding hydrogens is 334 g/mol. The minimum atomic E-state index is 0.347. The molecule has 0 radical (unpaired) electrons. The number of rotatable bonds is 3. The number of hydrogen-bond acceptors (Lipinski definition) is 2. The smallest absolute Gasteiger partial charge is 0.146 e. The van der Waals surface area contributed by atoms with Crippen LogP contribution in [0, 0.1) is 0 Å². The van der Waals surface area contributed by atoms with Gasteiger partial charge in [-0.3, -0.25) is 0 Å². The third-order valence-corrected chi connectivity index (χ3v) is 3.44. The largest absolute Gasteiger partial charge is 0.455 e. The van der Waals surface area contributed by atoms with Crippen LogP contribution in [0.1, 0.15) is 5.56 Å². The van der Waals surface area contributed by atoms with Gasteiger partial charge in [-0.2, -0.15) is 0 Å². The highest BCUT2D eigenvalue weighted by molar-refractivity contribution is 9.10. The summed E-state index contributed by atoms with van der Waals surface area (Å²) in [5.74, 6) is 1.26. The predicted octanol–water partition coefficient (Wildman–Crippen LogP) is 4.53. The van der Waals surface area contributed by atoms with Gasteiger partial charge < -0.3 is 10.5 Å². The SMILES string of the molecule is NC(=S)c1ccc(Oc2ccccc2Cl)c(Br)c1. The maximum atomic E-state index is 6.03. The van der Waals surface area contributed by atoms with E-state index in [-0.39, 0.29) is 0 Å². The number of nitrogens with two attached hydrogens (primary N) is 1. The Morgan fingerprint density at radius 2 is 1.89 bits per heavy atom. The van der Waals surface area contributed by atoms with E-state index < -0.39 is 0 Å². The van der Waals surface area contributed by atoms with E-state index in [0.29, 0.717) is 21.5 Å². The van der Waals surface area contributed by atoms with E-state index in [1.54, 1.807) is 24.3 Å². The lowest BCUT2D eigenvalue weighted by Gasteiger charge is -2.10. The molecule has 0 aliphatic carbocycles. The van der Waals surface area contributed by atoms with Gasteiger partial charge in [0.2, 0.25) is 0 Å². The summed E-state index contributed by atoms with van der Waals surface area (Å²) < 4.78 is 6.48. The van der Waals surface area contributed by atoms with Crippen LogP contribution in [-0.2, 0) is 0 Å². The second-order valence-corrected chi connectivity index (χ2v) is 5.24. The molecule has 92 valence electrons.